The number of benzene rings is 3. The molecule has 11 heteroatoms. The lowest BCUT2D eigenvalue weighted by atomic mass is 9.91. The summed E-state index contributed by atoms with van der Waals surface area (Å²) < 4.78 is 22.4. The Kier molecular flexibility index (Phi) is 13.0. The number of likely N-dealkylation sites (tertiary alicyclic amines) is 1. The Morgan fingerprint density at radius 3 is 2.16 bits per heavy atom. The first-order valence-electron chi connectivity index (χ1n) is 17.0. The first kappa shape index (κ1) is 35.4. The minimum Gasteiger partial charge on any atom is -0.489 e. The van der Waals surface area contributed by atoms with E-state index in [4.69, 9.17) is 18.9 Å². The maximum atomic E-state index is 13.9. The number of nitrogens with one attached hydrogen (secondary N) is 1. The number of amides is 2. The predicted octanol–water partition coefficient (Wildman–Crippen LogP) is 5.26. The number of ether oxygens (including phenoxy) is 4. The molecule has 2 atom stereocenters. The van der Waals surface area contributed by atoms with Gasteiger partial charge in [-0.05, 0) is 55.4 Å². The lowest BCUT2D eigenvalue weighted by Gasteiger charge is -2.31. The van der Waals surface area contributed by atoms with E-state index in [2.05, 4.69) is 5.32 Å². The van der Waals surface area contributed by atoms with Crippen LogP contribution >= 0.6 is 0 Å². The molecule has 1 saturated heterocycles. The second-order valence-electron chi connectivity index (χ2n) is 12.3. The first-order valence-corrected chi connectivity index (χ1v) is 17.0. The highest BCUT2D eigenvalue weighted by molar-refractivity contribution is 6.02. The molecule has 3 aromatic carbocycles. The van der Waals surface area contributed by atoms with Gasteiger partial charge in [0.15, 0.2) is 0 Å². The standard InChI is InChI=1S/C38H45N3O8/c1-2-46-37(44)31(17-11-16-28-20-22-40(23-21-28)38(45)49-26-30-14-7-4-8-15-30)39-32-27-47-34-19-10-9-18-33(34)41(36(32)43)24-35(42)48-25-29-12-5-3-6-13-29/h3-10,12-15,18-19,28,31-32,39H,2,11,16-17,20-27H2,1H3/t31-,32-/m0/s1. The zero-order valence-electron chi connectivity index (χ0n) is 28.0. The van der Waals surface area contributed by atoms with Gasteiger partial charge in [0, 0.05) is 13.1 Å². The largest absolute Gasteiger partial charge is 0.489 e. The molecular formula is C38H45N3O8. The van der Waals surface area contributed by atoms with Crippen LogP contribution in [0.1, 0.15) is 50.2 Å². The average molecular weight is 672 g/mol. The highest BCUT2D eigenvalue weighted by Gasteiger charge is 2.36. The van der Waals surface area contributed by atoms with E-state index in [1.54, 1.807) is 36.1 Å². The first-order chi connectivity index (χ1) is 23.9. The van der Waals surface area contributed by atoms with Gasteiger partial charge in [-0.25, -0.2) is 4.79 Å². The third-order valence-corrected chi connectivity index (χ3v) is 8.81. The van der Waals surface area contributed by atoms with Crippen molar-refractivity contribution < 1.29 is 38.1 Å². The number of carbonyl (C=O) groups is 4. The van der Waals surface area contributed by atoms with E-state index in [9.17, 15) is 19.2 Å². The molecule has 0 bridgehead atoms. The average Bonchev–Trinajstić information content (AvgIpc) is 3.26. The van der Waals surface area contributed by atoms with Crippen molar-refractivity contribution >= 4 is 29.6 Å². The third-order valence-electron chi connectivity index (χ3n) is 8.81. The van der Waals surface area contributed by atoms with Gasteiger partial charge in [0.25, 0.3) is 0 Å². The summed E-state index contributed by atoms with van der Waals surface area (Å²) in [4.78, 5) is 55.7. The minimum atomic E-state index is -0.908. The maximum absolute atomic E-state index is 13.9. The summed E-state index contributed by atoms with van der Waals surface area (Å²) in [6, 6.07) is 24.3. The molecule has 0 aromatic heterocycles. The maximum Gasteiger partial charge on any atom is 0.410 e. The van der Waals surface area contributed by atoms with Crippen LogP contribution in [0, 0.1) is 5.92 Å². The second kappa shape index (κ2) is 18.0. The molecular weight excluding hydrogens is 626 g/mol. The van der Waals surface area contributed by atoms with Crippen molar-refractivity contribution in [1.29, 1.82) is 0 Å². The summed E-state index contributed by atoms with van der Waals surface area (Å²) >= 11 is 0. The van der Waals surface area contributed by atoms with Crippen molar-refractivity contribution in [3.63, 3.8) is 0 Å². The van der Waals surface area contributed by atoms with Crippen LogP contribution in [0.3, 0.4) is 0 Å². The number of para-hydroxylation sites is 2. The van der Waals surface area contributed by atoms with Gasteiger partial charge in [-0.1, -0.05) is 85.6 Å². The normalized spacial score (nSPS) is 16.9. The lowest BCUT2D eigenvalue weighted by molar-refractivity contribution is -0.147. The third kappa shape index (κ3) is 10.3. The van der Waals surface area contributed by atoms with Gasteiger partial charge in [0.1, 0.15) is 44.2 Å². The van der Waals surface area contributed by atoms with Gasteiger partial charge < -0.3 is 23.8 Å². The topological polar surface area (TPSA) is 124 Å². The van der Waals surface area contributed by atoms with Crippen LogP contribution in [-0.2, 0) is 41.8 Å². The van der Waals surface area contributed by atoms with Crippen LogP contribution in [0.4, 0.5) is 10.5 Å². The Morgan fingerprint density at radius 2 is 1.49 bits per heavy atom. The number of esters is 2. The molecule has 260 valence electrons. The van der Waals surface area contributed by atoms with E-state index in [0.717, 1.165) is 36.8 Å². The molecule has 1 N–H and O–H groups in total. The molecule has 0 unspecified atom stereocenters. The van der Waals surface area contributed by atoms with Crippen molar-refractivity contribution in [3.8, 4) is 5.75 Å². The second-order valence-corrected chi connectivity index (χ2v) is 12.3. The smallest absolute Gasteiger partial charge is 0.410 e. The van der Waals surface area contributed by atoms with E-state index < -0.39 is 29.9 Å². The van der Waals surface area contributed by atoms with Crippen LogP contribution in [0.25, 0.3) is 0 Å². The summed E-state index contributed by atoms with van der Waals surface area (Å²) in [7, 11) is 0. The van der Waals surface area contributed by atoms with Crippen molar-refractivity contribution in [2.75, 3.05) is 37.7 Å². The molecule has 2 aliphatic heterocycles. The highest BCUT2D eigenvalue weighted by Crippen LogP contribution is 2.31. The van der Waals surface area contributed by atoms with E-state index in [0.29, 0.717) is 36.9 Å². The number of rotatable bonds is 14. The van der Waals surface area contributed by atoms with E-state index in [1.807, 2.05) is 60.7 Å². The molecule has 2 heterocycles. The van der Waals surface area contributed by atoms with E-state index in [1.165, 1.54) is 4.90 Å². The Bertz CT molecular complexity index is 1530. The lowest BCUT2D eigenvalue weighted by Crippen LogP contribution is -2.55. The summed E-state index contributed by atoms with van der Waals surface area (Å²) in [5, 5.41) is 3.20. The van der Waals surface area contributed by atoms with Crippen LogP contribution < -0.4 is 15.0 Å². The summed E-state index contributed by atoms with van der Waals surface area (Å²) in [5.41, 5.74) is 2.24. The highest BCUT2D eigenvalue weighted by atomic mass is 16.6. The van der Waals surface area contributed by atoms with Crippen molar-refractivity contribution in [3.05, 3.63) is 96.1 Å². The van der Waals surface area contributed by atoms with Crippen LogP contribution in [0.2, 0.25) is 0 Å². The SMILES string of the molecule is CCOC(=O)[C@H](CCCC1CCN(C(=O)OCc2ccccc2)CC1)N[C@H]1COc2ccccc2N(CC(=O)OCc2ccccc2)C1=O. The number of anilines is 1. The molecule has 1 fully saturated rings. The number of carbonyl (C=O) groups excluding carboxylic acids is 4. The Balaban J connectivity index is 1.14. The molecule has 3 aromatic rings. The fraction of sp³-hybridized carbons (Fsp3) is 0.421. The molecule has 0 spiro atoms. The monoisotopic (exact) mass is 671 g/mol. The van der Waals surface area contributed by atoms with Crippen LogP contribution in [0.15, 0.2) is 84.9 Å². The molecule has 5 rings (SSSR count). The molecule has 2 amide bonds. The number of fused-ring (bicyclic) bond motifs is 1. The van der Waals surface area contributed by atoms with Crippen molar-refractivity contribution in [1.82, 2.24) is 10.2 Å². The number of piperidine rings is 1. The predicted molar refractivity (Wildman–Crippen MR) is 183 cm³/mol. The Hall–Kier alpha value is -4.90. The van der Waals surface area contributed by atoms with Crippen LogP contribution in [0.5, 0.6) is 5.75 Å². The van der Waals surface area contributed by atoms with Crippen LogP contribution in [-0.4, -0.2) is 73.8 Å². The molecule has 0 saturated carbocycles. The van der Waals surface area contributed by atoms with Crippen molar-refractivity contribution in [2.45, 2.75) is 64.3 Å². The Labute approximate surface area is 287 Å². The summed E-state index contributed by atoms with van der Waals surface area (Å²) in [5.74, 6) is -0.552. The molecule has 11 nitrogen and oxygen atoms in total. The minimum absolute atomic E-state index is 0.0276. The van der Waals surface area contributed by atoms with Gasteiger partial charge in [0.05, 0.1) is 12.3 Å². The van der Waals surface area contributed by atoms with E-state index in [-0.39, 0.29) is 39.1 Å². The zero-order valence-corrected chi connectivity index (χ0v) is 28.0. The van der Waals surface area contributed by atoms with Gasteiger partial charge in [-0.15, -0.1) is 0 Å². The van der Waals surface area contributed by atoms with Gasteiger partial charge >= 0.3 is 18.0 Å². The summed E-state index contributed by atoms with van der Waals surface area (Å²) in [6.45, 7) is 3.18. The van der Waals surface area contributed by atoms with Crippen molar-refractivity contribution in [2.24, 2.45) is 5.92 Å². The number of hydrogen-bond donors (Lipinski definition) is 1. The molecule has 2 aliphatic rings. The number of hydrogen-bond acceptors (Lipinski definition) is 9. The van der Waals surface area contributed by atoms with Gasteiger partial charge in [-0.2, -0.15) is 0 Å². The Morgan fingerprint density at radius 1 is 0.857 bits per heavy atom. The van der Waals surface area contributed by atoms with Gasteiger partial charge in [0.2, 0.25) is 5.91 Å². The fourth-order valence-electron chi connectivity index (χ4n) is 6.13. The number of nitrogens with zero attached hydrogens (tertiary/aromatic N) is 2. The molecule has 0 radical (unpaired) electrons. The van der Waals surface area contributed by atoms with E-state index >= 15 is 0 Å². The molecule has 49 heavy (non-hydrogen) atoms. The van der Waals surface area contributed by atoms with Gasteiger partial charge in [-0.3, -0.25) is 24.6 Å². The fourth-order valence-corrected chi connectivity index (χ4v) is 6.13. The molecule has 0 aliphatic carbocycles. The summed E-state index contributed by atoms with van der Waals surface area (Å²) in [6.07, 6.45) is 3.43. The zero-order chi connectivity index (χ0) is 34.4. The quantitative estimate of drug-likeness (QED) is 0.181.